The Bertz CT molecular complexity index is 259. The van der Waals surface area contributed by atoms with Crippen LogP contribution in [0.25, 0.3) is 0 Å². The molecule has 0 aromatic heterocycles. The van der Waals surface area contributed by atoms with Gasteiger partial charge in [-0.1, -0.05) is 0 Å². The fourth-order valence-corrected chi connectivity index (χ4v) is 2.58. The number of rotatable bonds is 3. The van der Waals surface area contributed by atoms with E-state index < -0.39 is 25.2 Å². The second-order valence-corrected chi connectivity index (χ2v) is 4.93. The molecule has 0 N–H and O–H groups in total. The van der Waals surface area contributed by atoms with Gasteiger partial charge in [0.2, 0.25) is 5.29 Å². The van der Waals surface area contributed by atoms with Gasteiger partial charge in [-0.15, -0.1) is 0 Å². The highest BCUT2D eigenvalue weighted by atomic mass is 31.2. The Morgan fingerprint density at radius 1 is 0.750 bits per heavy atom. The minimum absolute atomic E-state index is 0.651. The maximum Gasteiger partial charge on any atom is 0.428 e. The second kappa shape index (κ2) is 4.95. The zero-order valence-corrected chi connectivity index (χ0v) is 9.33. The summed E-state index contributed by atoms with van der Waals surface area (Å²) in [5.41, 5.74) is 0. The molecule has 0 amide bonds. The summed E-state index contributed by atoms with van der Waals surface area (Å²) in [7, 11) is -2.67. The first-order chi connectivity index (χ1) is 7.05. The Kier molecular flexibility index (Phi) is 4.88. The molecule has 16 heavy (non-hydrogen) atoms. The topological polar surface area (TPSA) is 27.7 Å². The van der Waals surface area contributed by atoms with Gasteiger partial charge in [-0.25, -0.2) is 0 Å². The van der Waals surface area contributed by atoms with Crippen molar-refractivity contribution >= 4 is 12.9 Å². The lowest BCUT2D eigenvalue weighted by Gasteiger charge is -2.26. The molecule has 0 fully saturated rings. The van der Waals surface area contributed by atoms with E-state index in [-0.39, 0.29) is 0 Å². The first-order valence-corrected chi connectivity index (χ1v) is 5.17. The van der Waals surface area contributed by atoms with Crippen molar-refractivity contribution in [2.75, 3.05) is 21.3 Å². The summed E-state index contributed by atoms with van der Waals surface area (Å²) in [5, 5.41) is -2.81. The monoisotopic (exact) mass is 274 g/mol. The minimum Gasteiger partial charge on any atom is -0.320 e. The Morgan fingerprint density at radius 2 is 1.00 bits per heavy atom. The Morgan fingerprint density at radius 3 is 1.06 bits per heavy atom. The number of hydrogen-bond acceptors (Lipinski definition) is 3. The molecule has 0 unspecified atom stereocenters. The van der Waals surface area contributed by atoms with Crippen molar-refractivity contribution in [1.82, 2.24) is 0 Å². The van der Waals surface area contributed by atoms with E-state index in [0.29, 0.717) is 21.3 Å². The summed E-state index contributed by atoms with van der Waals surface area (Å²) in [5.74, 6) is 0. The Balaban J connectivity index is 6.09. The molecule has 0 bridgehead atoms. The number of halogens is 6. The summed E-state index contributed by atoms with van der Waals surface area (Å²) in [6.07, 6.45) is -11.3. The van der Waals surface area contributed by atoms with Crippen molar-refractivity contribution in [3.8, 4) is 0 Å². The van der Waals surface area contributed by atoms with Crippen molar-refractivity contribution in [1.29, 1.82) is 0 Å². The van der Waals surface area contributed by atoms with Gasteiger partial charge < -0.3 is 13.6 Å². The van der Waals surface area contributed by atoms with Gasteiger partial charge in [0.25, 0.3) is 7.57 Å². The first-order valence-electron chi connectivity index (χ1n) is 3.63. The van der Waals surface area contributed by atoms with Crippen molar-refractivity contribution < 1.29 is 39.9 Å². The van der Waals surface area contributed by atoms with E-state index >= 15 is 0 Å². The molecule has 0 atom stereocenters. The summed E-state index contributed by atoms with van der Waals surface area (Å²) in [6, 6.07) is 0. The van der Waals surface area contributed by atoms with Crippen molar-refractivity contribution in [3.63, 3.8) is 0 Å². The molecule has 0 saturated carbocycles. The zero-order chi connectivity index (χ0) is 13.2. The van der Waals surface area contributed by atoms with Gasteiger partial charge >= 0.3 is 12.4 Å². The van der Waals surface area contributed by atoms with Gasteiger partial charge in [-0.2, -0.15) is 26.3 Å². The molecule has 0 spiro atoms. The van der Waals surface area contributed by atoms with E-state index in [2.05, 4.69) is 13.6 Å². The molecule has 0 aliphatic heterocycles. The third-order valence-electron chi connectivity index (χ3n) is 1.53. The highest BCUT2D eigenvalue weighted by Gasteiger charge is 2.58. The molecule has 0 heterocycles. The van der Waals surface area contributed by atoms with Gasteiger partial charge in [-0.05, 0) is 0 Å². The summed E-state index contributed by atoms with van der Waals surface area (Å²) in [4.78, 5) is 0. The smallest absolute Gasteiger partial charge is 0.320 e. The number of alkyl halides is 6. The van der Waals surface area contributed by atoms with Gasteiger partial charge in [0.15, 0.2) is 0 Å². The van der Waals surface area contributed by atoms with Crippen LogP contribution < -0.4 is 0 Å². The van der Waals surface area contributed by atoms with Crippen molar-refractivity contribution in [2.24, 2.45) is 0 Å². The quantitative estimate of drug-likeness (QED) is 0.585. The number of hydrogen-bond donors (Lipinski definition) is 0. The SMILES string of the molecule is COP(OC)(OC)=C(C(F)(F)F)C(F)(F)F. The van der Waals surface area contributed by atoms with E-state index in [1.165, 1.54) is 0 Å². The van der Waals surface area contributed by atoms with Crippen LogP contribution in [0.5, 0.6) is 0 Å². The molecular weight excluding hydrogens is 265 g/mol. The maximum atomic E-state index is 12.3. The molecule has 0 radical (unpaired) electrons. The lowest BCUT2D eigenvalue weighted by Crippen LogP contribution is -2.38. The van der Waals surface area contributed by atoms with Gasteiger partial charge in [-0.3, -0.25) is 0 Å². The second-order valence-electron chi connectivity index (χ2n) is 2.39. The van der Waals surface area contributed by atoms with Gasteiger partial charge in [0, 0.05) is 21.3 Å². The average molecular weight is 274 g/mol. The van der Waals surface area contributed by atoms with Crippen LogP contribution >= 0.6 is 7.57 Å². The Labute approximate surface area is 87.5 Å². The molecule has 0 aliphatic rings. The molecule has 0 aromatic carbocycles. The third kappa shape index (κ3) is 3.13. The Hall–Kier alpha value is -0.240. The maximum absolute atomic E-state index is 12.3. The van der Waals surface area contributed by atoms with E-state index in [9.17, 15) is 26.3 Å². The van der Waals surface area contributed by atoms with E-state index in [4.69, 9.17) is 0 Å². The normalized spacial score (nSPS) is 14.1. The van der Waals surface area contributed by atoms with Crippen LogP contribution in [0.15, 0.2) is 0 Å². The summed E-state index contributed by atoms with van der Waals surface area (Å²) < 4.78 is 86.2. The molecule has 98 valence electrons. The predicted octanol–water partition coefficient (Wildman–Crippen LogP) is 2.99. The fraction of sp³-hybridized carbons (Fsp3) is 0.833. The average Bonchev–Trinajstić information content (AvgIpc) is 2.10. The van der Waals surface area contributed by atoms with Gasteiger partial charge in [0.05, 0.1) is 0 Å². The molecule has 0 aromatic rings. The van der Waals surface area contributed by atoms with Crippen LogP contribution in [0.2, 0.25) is 0 Å². The lowest BCUT2D eigenvalue weighted by atomic mass is 10.4. The molecular formula is C6H9F6O3P. The van der Waals surface area contributed by atoms with Crippen molar-refractivity contribution in [3.05, 3.63) is 0 Å². The van der Waals surface area contributed by atoms with Crippen LogP contribution in [-0.4, -0.2) is 39.0 Å². The zero-order valence-electron chi connectivity index (χ0n) is 8.44. The van der Waals surface area contributed by atoms with Crippen LogP contribution in [0.4, 0.5) is 26.3 Å². The summed E-state index contributed by atoms with van der Waals surface area (Å²) >= 11 is 0. The molecule has 0 saturated heterocycles. The molecule has 3 nitrogen and oxygen atoms in total. The highest BCUT2D eigenvalue weighted by molar-refractivity contribution is 7.63. The first kappa shape index (κ1) is 15.8. The highest BCUT2D eigenvalue weighted by Crippen LogP contribution is 2.56. The van der Waals surface area contributed by atoms with Crippen LogP contribution in [0.1, 0.15) is 0 Å². The van der Waals surface area contributed by atoms with E-state index in [0.717, 1.165) is 0 Å². The van der Waals surface area contributed by atoms with Gasteiger partial charge in [0.1, 0.15) is 0 Å². The predicted molar refractivity (Wildman–Crippen MR) is 45.1 cm³/mol. The molecule has 0 aliphatic carbocycles. The van der Waals surface area contributed by atoms with Crippen LogP contribution in [-0.2, 0) is 13.6 Å². The standard InChI is InChI=1S/C6H9F6O3P/c1-13-16(14-2,15-3)4(5(7,8)9)6(10,11)12/h1-3H3. The fourth-order valence-electron chi connectivity index (χ4n) is 0.969. The molecule has 10 heteroatoms. The molecule has 0 rings (SSSR count). The summed E-state index contributed by atoms with van der Waals surface area (Å²) in [6.45, 7) is 0. The third-order valence-corrected chi connectivity index (χ3v) is 4.03. The van der Waals surface area contributed by atoms with E-state index in [1.807, 2.05) is 0 Å². The van der Waals surface area contributed by atoms with E-state index in [1.54, 1.807) is 0 Å². The lowest BCUT2D eigenvalue weighted by molar-refractivity contribution is -0.115. The minimum atomic E-state index is -5.64. The largest absolute Gasteiger partial charge is 0.428 e. The van der Waals surface area contributed by atoms with Crippen molar-refractivity contribution in [2.45, 2.75) is 12.4 Å². The van der Waals surface area contributed by atoms with Crippen LogP contribution in [0.3, 0.4) is 0 Å². The van der Waals surface area contributed by atoms with Crippen LogP contribution in [0, 0.1) is 0 Å².